The molecule has 0 atom stereocenters. The van der Waals surface area contributed by atoms with Crippen molar-refractivity contribution in [3.05, 3.63) is 433 Å². The summed E-state index contributed by atoms with van der Waals surface area (Å²) < 4.78 is 0. The van der Waals surface area contributed by atoms with Gasteiger partial charge in [0, 0.05) is 0 Å². The molecule has 0 bridgehead atoms. The van der Waals surface area contributed by atoms with Crippen molar-refractivity contribution < 1.29 is 0 Å². The maximum Gasteiger partial charge on any atom is -0.00761 e. The number of benzene rings is 20. The molecule has 0 heteroatoms. The minimum Gasteiger partial charge on any atom is -0.0683 e. The normalized spacial score (nSPS) is 9.15. The van der Waals surface area contributed by atoms with Gasteiger partial charge in [0.2, 0.25) is 0 Å². The molecule has 0 saturated carbocycles. The third kappa shape index (κ3) is 36.2. The number of aryl methyl sites for hydroxylation is 8. The highest BCUT2D eigenvalue weighted by molar-refractivity contribution is 6.12. The fraction of sp³-hybridized carbons (Fsp3) is 0.262. The molecule has 20 aromatic rings. The summed E-state index contributed by atoms with van der Waals surface area (Å²) >= 11 is 0. The molecule has 0 radical (unpaired) electrons. The molecule has 0 aromatic heterocycles. The van der Waals surface area contributed by atoms with E-state index in [9.17, 15) is 0 Å². The van der Waals surface area contributed by atoms with Crippen LogP contribution in [-0.4, -0.2) is 0 Å². The Morgan fingerprint density at radius 1 is 0.100 bits per heavy atom. The van der Waals surface area contributed by atoms with Gasteiger partial charge in [-0.25, -0.2) is 0 Å². The summed E-state index contributed by atoms with van der Waals surface area (Å²) in [4.78, 5) is 0. The van der Waals surface area contributed by atoms with Crippen LogP contribution in [0.25, 0.3) is 129 Å². The van der Waals surface area contributed by atoms with Gasteiger partial charge in [-0.3, -0.25) is 0 Å². The lowest BCUT2D eigenvalue weighted by Crippen LogP contribution is -1.81. The van der Waals surface area contributed by atoms with Gasteiger partial charge in [0.25, 0.3) is 0 Å². The summed E-state index contributed by atoms with van der Waals surface area (Å²) in [6.07, 6.45) is 0. The molecular weight excluding hydrogens is 1560 g/mol. The van der Waals surface area contributed by atoms with Crippen molar-refractivity contribution in [3.63, 3.8) is 0 Å². The highest BCUT2D eigenvalue weighted by Gasteiger charge is 2.06. The Balaban J connectivity index is 0.00000142. The van der Waals surface area contributed by atoms with E-state index in [0.29, 0.717) is 0 Å². The van der Waals surface area contributed by atoms with E-state index >= 15 is 0 Å². The van der Waals surface area contributed by atoms with Crippen LogP contribution >= 0.6 is 0 Å². The van der Waals surface area contributed by atoms with Gasteiger partial charge >= 0.3 is 0 Å². The molecule has 686 valence electrons. The molecule has 0 fully saturated rings. The first-order valence-electron chi connectivity index (χ1n) is 49.2. The SMILES string of the molecule is CC.CC.CC.CC.CC.CC.CC.CC.CC.CC.CC.CC.CC.Cc1cc2ccccc2c2ccccc12.Cc1ccc2c(ccc3ccccc32)c1.Cc1ccc2ccc3ccccc3c2c1.Cc1ccc2ccccc2c1.Cc1cccc2c1ccc1ccccc12.Cc1cccc2ccc3ccccc3c12.Cc1cccc2ccccc12.Cc1ccccc1. The summed E-state index contributed by atoms with van der Waals surface area (Å²) in [5, 5.41) is 32.1. The van der Waals surface area contributed by atoms with E-state index < -0.39 is 0 Å². The smallest absolute Gasteiger partial charge is 0.00761 e. The van der Waals surface area contributed by atoms with Crippen LogP contribution in [0.15, 0.2) is 388 Å². The molecule has 0 amide bonds. The standard InChI is InChI=1S/5C15H12.2C11H10.C7H8.13C2H6/c1-11-5-4-7-13-10-9-12-6-2-3-8-14(12)15(11)13;1-11-10-12-6-2-3-8-14(12)15-9-5-4-7-13(11)15;1-11-5-4-8-15-13(11)10-9-12-6-2-3-7-14(12)15;1-11-6-9-15-13(10-11)8-7-12-4-2-3-5-14(12)15;1-11-6-7-13-9-8-12-4-2-3-5-14(12)15(13)10-11;1-9-5-4-7-10-6-2-3-8-11(9)10;1-9-6-7-10-4-2-3-5-11(10)8-9;1-7-5-3-2-4-6-7;13*1-2/h5*2-10H,1H3;2*2-8H,1H3;2-6H,1H3;13*1-2H3. The number of rotatable bonds is 0. The minimum atomic E-state index is 1.31. The summed E-state index contributed by atoms with van der Waals surface area (Å²) in [7, 11) is 0. The minimum absolute atomic E-state index is 1.31. The fourth-order valence-corrected chi connectivity index (χ4v) is 14.2. The molecule has 0 aliphatic heterocycles. The van der Waals surface area contributed by atoms with Crippen LogP contribution in [0.4, 0.5) is 0 Å². The molecule has 130 heavy (non-hydrogen) atoms. The largest absolute Gasteiger partial charge is 0.0683 e. The van der Waals surface area contributed by atoms with Gasteiger partial charge < -0.3 is 0 Å². The second kappa shape index (κ2) is 71.5. The Kier molecular flexibility index (Phi) is 64.6. The third-order valence-corrected chi connectivity index (χ3v) is 19.6. The Morgan fingerprint density at radius 3 is 0.792 bits per heavy atom. The Labute approximate surface area is 792 Å². The molecule has 0 nitrogen and oxygen atoms in total. The Hall–Kier alpha value is -12.5. The zero-order valence-electron chi connectivity index (χ0n) is 87.0. The van der Waals surface area contributed by atoms with E-state index in [-0.39, 0.29) is 0 Å². The Bertz CT molecular complexity index is 6230. The van der Waals surface area contributed by atoms with Crippen molar-refractivity contribution in [1.29, 1.82) is 0 Å². The Morgan fingerprint density at radius 2 is 0.331 bits per heavy atom. The van der Waals surface area contributed by atoms with Crippen molar-refractivity contribution in [3.8, 4) is 0 Å². The van der Waals surface area contributed by atoms with Crippen LogP contribution in [0, 0.1) is 55.4 Å². The number of fused-ring (bicyclic) bond motifs is 17. The van der Waals surface area contributed by atoms with E-state index in [4.69, 9.17) is 0 Å². The maximum atomic E-state index is 2.26. The lowest BCUT2D eigenvalue weighted by molar-refractivity contribution is 1.48. The van der Waals surface area contributed by atoms with E-state index in [2.05, 4.69) is 425 Å². The van der Waals surface area contributed by atoms with Crippen LogP contribution in [0.5, 0.6) is 0 Å². The first kappa shape index (κ1) is 118. The molecule has 0 saturated heterocycles. The van der Waals surface area contributed by atoms with Crippen molar-refractivity contribution >= 4 is 129 Å². The molecule has 0 spiro atoms. The molecule has 0 unspecified atom stereocenters. The zero-order chi connectivity index (χ0) is 97.7. The van der Waals surface area contributed by atoms with Crippen LogP contribution in [0.1, 0.15) is 225 Å². The van der Waals surface area contributed by atoms with Crippen molar-refractivity contribution in [2.45, 2.75) is 235 Å². The van der Waals surface area contributed by atoms with Gasteiger partial charge in [-0.05, 0) is 207 Å². The second-order valence-corrected chi connectivity index (χ2v) is 27.2. The van der Waals surface area contributed by atoms with Gasteiger partial charge in [-0.2, -0.15) is 0 Å². The number of hydrogen-bond donors (Lipinski definition) is 0. The van der Waals surface area contributed by atoms with Crippen LogP contribution in [0.3, 0.4) is 0 Å². The van der Waals surface area contributed by atoms with Gasteiger partial charge in [-0.15, -0.1) is 0 Å². The maximum absolute atomic E-state index is 2.26. The quantitative estimate of drug-likeness (QED) is 0.133. The summed E-state index contributed by atoms with van der Waals surface area (Å²) in [5.74, 6) is 0. The topological polar surface area (TPSA) is 0 Å². The predicted octanol–water partition coefficient (Wildman–Crippen LogP) is 43.1. The highest BCUT2D eigenvalue weighted by atomic mass is 14.1. The molecule has 0 heterocycles. The summed E-state index contributed by atoms with van der Waals surface area (Å²) in [5.41, 5.74) is 10.7. The summed E-state index contributed by atoms with van der Waals surface area (Å²) in [6.45, 7) is 69.1. The average Bonchev–Trinajstić information content (AvgIpc) is 0.563. The van der Waals surface area contributed by atoms with Crippen LogP contribution in [-0.2, 0) is 0 Å². The van der Waals surface area contributed by atoms with Crippen molar-refractivity contribution in [2.75, 3.05) is 0 Å². The highest BCUT2D eigenvalue weighted by Crippen LogP contribution is 2.33. The molecular formula is C130H166. The first-order chi connectivity index (χ1) is 63.9. The molecule has 20 aromatic carbocycles. The van der Waals surface area contributed by atoms with Gasteiger partial charge in [-0.1, -0.05) is 591 Å². The van der Waals surface area contributed by atoms with Crippen LogP contribution < -0.4 is 0 Å². The van der Waals surface area contributed by atoms with Gasteiger partial charge in [0.05, 0.1) is 0 Å². The van der Waals surface area contributed by atoms with E-state index in [1.54, 1.807) is 0 Å². The summed E-state index contributed by atoms with van der Waals surface area (Å²) in [6, 6.07) is 137. The lowest BCUT2D eigenvalue weighted by Gasteiger charge is -2.06. The average molecular weight is 1730 g/mol. The van der Waals surface area contributed by atoms with E-state index in [0.717, 1.165) is 0 Å². The molecule has 20 rings (SSSR count). The van der Waals surface area contributed by atoms with E-state index in [1.165, 1.54) is 174 Å². The molecule has 0 aliphatic carbocycles. The second-order valence-electron chi connectivity index (χ2n) is 27.2. The predicted molar refractivity (Wildman–Crippen MR) is 607 cm³/mol. The monoisotopic (exact) mass is 1730 g/mol. The molecule has 0 aliphatic rings. The van der Waals surface area contributed by atoms with E-state index in [1.807, 2.05) is 198 Å². The van der Waals surface area contributed by atoms with Gasteiger partial charge in [0.15, 0.2) is 0 Å². The number of hydrogen-bond acceptors (Lipinski definition) is 0. The first-order valence-corrected chi connectivity index (χ1v) is 49.2. The lowest BCUT2D eigenvalue weighted by atomic mass is 9.98. The van der Waals surface area contributed by atoms with Crippen LogP contribution in [0.2, 0.25) is 0 Å². The van der Waals surface area contributed by atoms with Gasteiger partial charge in [0.1, 0.15) is 0 Å². The fourth-order valence-electron chi connectivity index (χ4n) is 14.2. The zero-order valence-corrected chi connectivity index (χ0v) is 87.0. The third-order valence-electron chi connectivity index (χ3n) is 19.6. The van der Waals surface area contributed by atoms with Crippen molar-refractivity contribution in [2.24, 2.45) is 0 Å². The van der Waals surface area contributed by atoms with Crippen molar-refractivity contribution in [1.82, 2.24) is 0 Å². The molecule has 0 N–H and O–H groups in total.